The first-order valence-electron chi connectivity index (χ1n) is 28.8. The summed E-state index contributed by atoms with van der Waals surface area (Å²) >= 11 is 0. The Labute approximate surface area is 469 Å². The van der Waals surface area contributed by atoms with Crippen LogP contribution in [-0.2, 0) is 13.2 Å². The highest BCUT2D eigenvalue weighted by molar-refractivity contribution is 5.86. The zero-order valence-corrected chi connectivity index (χ0v) is 45.2. The summed E-state index contributed by atoms with van der Waals surface area (Å²) in [5.41, 5.74) is 2.60. The van der Waals surface area contributed by atoms with Gasteiger partial charge in [-0.1, -0.05) is 0 Å². The highest BCUT2D eigenvalue weighted by Gasteiger charge is 2.47. The molecule has 0 unspecified atom stereocenters. The third-order valence-corrected chi connectivity index (χ3v) is 17.6. The molecule has 10 heterocycles. The Hall–Kier alpha value is -7.20. The Morgan fingerprint density at radius 2 is 0.939 bits per heavy atom. The molecule has 0 bridgehead atoms. The normalized spacial score (nSPS) is 31.2. The van der Waals surface area contributed by atoms with E-state index in [1.165, 1.54) is 22.0 Å². The SMILES string of the molecule is O=C(N[C@@H]1CCNC1)N[C@@H]1CCN(c2nc(NC3CCC(Nc4nc(N5CC[C@@H](NC(=O)N[C@@H]6CCNC6)C5)nc5c4ncn5[C@@H]4C[C@H](n5ncc(CO)n5)[C@@H](O)[C@H]4O)CC3)c3ncn([C@@H]4C[C@H](n5ncc(CO)n5)[C@@H](O)[C@H]4O)c3n2)C1. The van der Waals surface area contributed by atoms with Gasteiger partial charge in [0, 0.05) is 75.5 Å². The number of fused-ring (bicyclic) bond motifs is 2. The lowest BCUT2D eigenvalue weighted by molar-refractivity contribution is 0.00491. The molecule has 4 aliphatic heterocycles. The molecule has 32 nitrogen and oxygen atoms in total. The molecule has 440 valence electrons. The molecule has 82 heavy (non-hydrogen) atoms. The van der Waals surface area contributed by atoms with Crippen LogP contribution in [0.3, 0.4) is 0 Å². The van der Waals surface area contributed by atoms with E-state index in [0.717, 1.165) is 64.7 Å². The second-order valence-electron chi connectivity index (χ2n) is 23.0. The van der Waals surface area contributed by atoms with E-state index < -0.39 is 48.6 Å². The monoisotopic (exact) mass is 1140 g/mol. The number of rotatable bonds is 16. The fourth-order valence-corrected chi connectivity index (χ4v) is 13.1. The number of hydrogen-bond donors (Lipinski definition) is 14. The second kappa shape index (κ2) is 22.9. The summed E-state index contributed by atoms with van der Waals surface area (Å²) < 4.78 is 3.57. The molecule has 3 saturated carbocycles. The molecule has 14 N–H and O–H groups in total. The fourth-order valence-electron chi connectivity index (χ4n) is 13.1. The number of carbonyl (C=O) groups excluding carboxylic acids is 2. The molecule has 7 fully saturated rings. The van der Waals surface area contributed by atoms with Crippen LogP contribution in [0, 0.1) is 0 Å². The minimum Gasteiger partial charge on any atom is -0.390 e. The van der Waals surface area contributed by atoms with Gasteiger partial charge >= 0.3 is 12.1 Å². The van der Waals surface area contributed by atoms with Crippen molar-refractivity contribution in [3.63, 3.8) is 0 Å². The van der Waals surface area contributed by atoms with Gasteiger partial charge in [0.15, 0.2) is 34.0 Å². The van der Waals surface area contributed by atoms with Crippen molar-refractivity contribution < 1.29 is 40.2 Å². The number of aliphatic hydroxyl groups excluding tert-OH is 6. The predicted molar refractivity (Wildman–Crippen MR) is 292 cm³/mol. The van der Waals surface area contributed by atoms with Crippen molar-refractivity contribution >= 4 is 57.9 Å². The van der Waals surface area contributed by atoms with Gasteiger partial charge in [-0.2, -0.15) is 49.9 Å². The minimum absolute atomic E-state index is 0.0388. The molecule has 12 atom stereocenters. The van der Waals surface area contributed by atoms with E-state index in [9.17, 15) is 40.2 Å². The molecular weight excluding hydrogens is 1060 g/mol. The smallest absolute Gasteiger partial charge is 0.315 e. The largest absolute Gasteiger partial charge is 0.390 e. The first-order valence-corrected chi connectivity index (χ1v) is 28.8. The Morgan fingerprint density at radius 1 is 0.524 bits per heavy atom. The third-order valence-electron chi connectivity index (χ3n) is 17.6. The summed E-state index contributed by atoms with van der Waals surface area (Å²) in [6.45, 7) is 4.66. The van der Waals surface area contributed by atoms with E-state index in [-0.39, 0.29) is 74.4 Å². The number of nitrogens with zero attached hydrogens (tertiary/aromatic N) is 16. The van der Waals surface area contributed by atoms with Crippen LogP contribution in [0.1, 0.15) is 99.8 Å². The summed E-state index contributed by atoms with van der Waals surface area (Å²) in [7, 11) is 0. The van der Waals surface area contributed by atoms with Gasteiger partial charge in [0.05, 0.1) is 50.3 Å². The van der Waals surface area contributed by atoms with Gasteiger partial charge in [-0.3, -0.25) is 0 Å². The molecule has 32 heteroatoms. The maximum atomic E-state index is 13.0. The number of hydrogen-bond acceptors (Lipinski definition) is 24. The number of carbonyl (C=O) groups is 2. The van der Waals surface area contributed by atoms with Gasteiger partial charge in [-0.05, 0) is 77.3 Å². The Morgan fingerprint density at radius 3 is 1.33 bits per heavy atom. The number of imidazole rings is 2. The number of nitrogens with one attached hydrogen (secondary N) is 8. The van der Waals surface area contributed by atoms with Gasteiger partial charge in [-0.25, -0.2) is 19.6 Å². The quantitative estimate of drug-likeness (QED) is 0.0468. The van der Waals surface area contributed by atoms with Crippen molar-refractivity contribution in [2.75, 3.05) is 72.8 Å². The number of anilines is 4. The summed E-state index contributed by atoms with van der Waals surface area (Å²) in [6.07, 6.45) is 7.72. The van der Waals surface area contributed by atoms with Crippen LogP contribution in [0.15, 0.2) is 25.0 Å². The molecule has 4 amide bonds. The molecule has 3 aliphatic carbocycles. The lowest BCUT2D eigenvalue weighted by atomic mass is 9.91. The average molecular weight is 1140 g/mol. The zero-order valence-electron chi connectivity index (χ0n) is 45.2. The van der Waals surface area contributed by atoms with Crippen molar-refractivity contribution in [2.24, 2.45) is 0 Å². The van der Waals surface area contributed by atoms with Crippen molar-refractivity contribution in [3.8, 4) is 0 Å². The lowest BCUT2D eigenvalue weighted by Crippen LogP contribution is -2.47. The summed E-state index contributed by atoms with van der Waals surface area (Å²) in [4.78, 5) is 62.8. The van der Waals surface area contributed by atoms with Crippen molar-refractivity contribution in [1.29, 1.82) is 0 Å². The average Bonchev–Trinajstić information content (AvgIpc) is 4.41. The van der Waals surface area contributed by atoms with Crippen LogP contribution < -0.4 is 52.3 Å². The van der Waals surface area contributed by atoms with Crippen LogP contribution in [0.4, 0.5) is 33.1 Å². The molecular formula is C50H72N24O8. The van der Waals surface area contributed by atoms with Crippen LogP contribution in [-0.4, -0.2) is 225 Å². The third kappa shape index (κ3) is 10.8. The Balaban J connectivity index is 0.742. The topological polar surface area (TPSA) is 407 Å². The first kappa shape index (κ1) is 54.1. The predicted octanol–water partition coefficient (Wildman–Crippen LogP) is -2.74. The van der Waals surface area contributed by atoms with Gasteiger partial charge in [0.2, 0.25) is 11.9 Å². The molecule has 0 radical (unpaired) electrons. The van der Waals surface area contributed by atoms with E-state index in [4.69, 9.17) is 29.9 Å². The lowest BCUT2D eigenvalue weighted by Gasteiger charge is -2.31. The number of aromatic nitrogens is 14. The second-order valence-corrected chi connectivity index (χ2v) is 23.0. The number of amides is 4. The Kier molecular flexibility index (Phi) is 15.1. The molecule has 13 rings (SSSR count). The summed E-state index contributed by atoms with van der Waals surface area (Å²) in [6, 6.07) is -3.33. The molecule has 4 saturated heterocycles. The maximum absolute atomic E-state index is 13.0. The molecule has 0 spiro atoms. The van der Waals surface area contributed by atoms with E-state index in [0.29, 0.717) is 96.3 Å². The van der Waals surface area contributed by atoms with Crippen molar-refractivity contribution in [1.82, 2.24) is 101 Å². The van der Waals surface area contributed by atoms with Crippen LogP contribution in [0.25, 0.3) is 22.3 Å². The number of urea groups is 2. The summed E-state index contributed by atoms with van der Waals surface area (Å²) in [5.74, 6) is 1.89. The van der Waals surface area contributed by atoms with Crippen molar-refractivity contribution in [2.45, 2.75) is 162 Å². The maximum Gasteiger partial charge on any atom is 0.315 e. The van der Waals surface area contributed by atoms with Crippen molar-refractivity contribution in [3.05, 3.63) is 36.4 Å². The zero-order chi connectivity index (χ0) is 56.2. The van der Waals surface area contributed by atoms with Crippen LogP contribution in [0.5, 0.6) is 0 Å². The molecule has 6 aromatic heterocycles. The highest BCUT2D eigenvalue weighted by Crippen LogP contribution is 2.42. The van der Waals surface area contributed by atoms with Gasteiger partial charge < -0.3 is 92.1 Å². The van der Waals surface area contributed by atoms with Crippen LogP contribution in [0.2, 0.25) is 0 Å². The van der Waals surface area contributed by atoms with E-state index in [1.807, 2.05) is 9.80 Å². The number of aliphatic hydroxyl groups is 6. The highest BCUT2D eigenvalue weighted by atomic mass is 16.3. The van der Waals surface area contributed by atoms with Gasteiger partial charge in [0.1, 0.15) is 47.9 Å². The van der Waals surface area contributed by atoms with Crippen LogP contribution >= 0.6 is 0 Å². The molecule has 6 aromatic rings. The summed E-state index contributed by atoms with van der Waals surface area (Å²) in [5, 5.41) is 109. The van der Waals surface area contributed by atoms with Gasteiger partial charge in [0.25, 0.3) is 0 Å². The Bertz CT molecular complexity index is 3020. The molecule has 7 aliphatic rings. The first-order chi connectivity index (χ1) is 39.9. The fraction of sp³-hybridized carbons (Fsp3) is 0.680. The van der Waals surface area contributed by atoms with Gasteiger partial charge in [-0.15, -0.1) is 0 Å². The minimum atomic E-state index is -1.22. The standard InChI is InChI=1S/C50H72N24O8/c75-21-31-17-55-73(67-31)35-13-33(39(77)41(35)79)71-23-53-37-43(63-47(65-45(37)71)69-11-7-29(19-69)61-49(81)59-27-5-9-51-15-27)57-25-1-2-26(4-3-25)58-44-38-46(66-48(64-44)70-12-8-30(20-70)62-50(82)60-28-6-10-52-16-28)72(24-54-38)34-14-36(42(80)40(34)78)74-56-18-32(22-76)68-74/h17-18,23-30,33-36,39-42,51-52,75-80H,1-16,19-22H2,(H,57,63,65)(H,58,64,66)(H2,59,61,81)(H2,60,62,82)/t25?,26?,27-,28-,29-,30-,33-,34-,35+,36+,39+,40+,41-,42-/m1/s1. The van der Waals surface area contributed by atoms with E-state index in [2.05, 4.69) is 62.9 Å². The van der Waals surface area contributed by atoms with E-state index in [1.54, 1.807) is 21.8 Å². The molecule has 0 aromatic carbocycles. The van der Waals surface area contributed by atoms with E-state index >= 15 is 0 Å².